The van der Waals surface area contributed by atoms with Crippen molar-refractivity contribution in [2.24, 2.45) is 5.10 Å². The Balaban J connectivity index is 1.58. The lowest BCUT2D eigenvalue weighted by molar-refractivity contribution is -0.119. The van der Waals surface area contributed by atoms with Crippen LogP contribution in [0.25, 0.3) is 0 Å². The minimum atomic E-state index is -0.470. The van der Waals surface area contributed by atoms with Crippen LogP contribution in [0, 0.1) is 5.82 Å². The molecule has 0 fully saturated rings. The molecule has 0 aromatic heterocycles. The topological polar surface area (TPSA) is 53.9 Å². The van der Waals surface area contributed by atoms with Crippen LogP contribution in [0.5, 0.6) is 5.75 Å². The zero-order valence-electron chi connectivity index (χ0n) is 14.0. The predicted molar refractivity (Wildman–Crippen MR) is 95.7 cm³/mol. The molecule has 2 aromatic rings. The van der Waals surface area contributed by atoms with E-state index in [1.165, 1.54) is 31.0 Å². The molecule has 0 spiro atoms. The molecule has 25 heavy (non-hydrogen) atoms. The summed E-state index contributed by atoms with van der Waals surface area (Å²) in [6, 6.07) is 12.6. The van der Waals surface area contributed by atoms with Crippen LogP contribution in [0.4, 0.5) is 10.1 Å². The molecule has 5 nitrogen and oxygen atoms in total. The van der Waals surface area contributed by atoms with Crippen molar-refractivity contribution in [3.63, 3.8) is 0 Å². The Morgan fingerprint density at radius 1 is 1.36 bits per heavy atom. The maximum Gasteiger partial charge on any atom is 0.259 e. The SMILES string of the molecule is COc1ccc(/C=N\NC(=O)CN2CCCc3ccccc32)cc1F. The lowest BCUT2D eigenvalue weighted by Gasteiger charge is -2.30. The quantitative estimate of drug-likeness (QED) is 0.672. The first-order valence-corrected chi connectivity index (χ1v) is 8.15. The highest BCUT2D eigenvalue weighted by atomic mass is 19.1. The summed E-state index contributed by atoms with van der Waals surface area (Å²) in [7, 11) is 1.41. The van der Waals surface area contributed by atoms with Gasteiger partial charge in [-0.3, -0.25) is 4.79 Å². The number of rotatable bonds is 5. The molecular weight excluding hydrogens is 321 g/mol. The first kappa shape index (κ1) is 17.0. The lowest BCUT2D eigenvalue weighted by atomic mass is 10.0. The third-order valence-corrected chi connectivity index (χ3v) is 4.12. The van der Waals surface area contributed by atoms with Crippen LogP contribution in [-0.2, 0) is 11.2 Å². The van der Waals surface area contributed by atoms with E-state index in [0.29, 0.717) is 5.56 Å². The Morgan fingerprint density at radius 3 is 3.00 bits per heavy atom. The van der Waals surface area contributed by atoms with Gasteiger partial charge in [0.1, 0.15) is 0 Å². The third kappa shape index (κ3) is 4.15. The van der Waals surface area contributed by atoms with E-state index in [0.717, 1.165) is 25.1 Å². The van der Waals surface area contributed by atoms with Crippen LogP contribution in [0.1, 0.15) is 17.5 Å². The number of nitrogens with zero attached hydrogens (tertiary/aromatic N) is 2. The molecule has 0 atom stereocenters. The Labute approximate surface area is 146 Å². The number of aryl methyl sites for hydroxylation is 1. The lowest BCUT2D eigenvalue weighted by Crippen LogP contribution is -2.38. The van der Waals surface area contributed by atoms with Crippen LogP contribution < -0.4 is 15.1 Å². The molecule has 1 aliphatic rings. The van der Waals surface area contributed by atoms with Crippen molar-refractivity contribution in [1.82, 2.24) is 5.43 Å². The summed E-state index contributed by atoms with van der Waals surface area (Å²) >= 11 is 0. The number of ether oxygens (including phenoxy) is 1. The average molecular weight is 341 g/mol. The van der Waals surface area contributed by atoms with E-state index in [2.05, 4.69) is 21.5 Å². The molecular formula is C19H20FN3O2. The highest BCUT2D eigenvalue weighted by Crippen LogP contribution is 2.26. The Bertz CT molecular complexity index is 792. The fourth-order valence-corrected chi connectivity index (χ4v) is 2.93. The van der Waals surface area contributed by atoms with Gasteiger partial charge in [-0.1, -0.05) is 18.2 Å². The molecule has 0 aliphatic carbocycles. The van der Waals surface area contributed by atoms with Crippen molar-refractivity contribution in [3.8, 4) is 5.75 Å². The summed E-state index contributed by atoms with van der Waals surface area (Å²) in [5.74, 6) is -0.505. The monoisotopic (exact) mass is 341 g/mol. The normalized spacial score (nSPS) is 13.6. The van der Waals surface area contributed by atoms with Gasteiger partial charge in [0.15, 0.2) is 11.6 Å². The Hall–Kier alpha value is -2.89. The minimum absolute atomic E-state index is 0.171. The predicted octanol–water partition coefficient (Wildman–Crippen LogP) is 2.74. The summed E-state index contributed by atoms with van der Waals surface area (Å²) in [5, 5.41) is 3.90. The summed E-state index contributed by atoms with van der Waals surface area (Å²) in [4.78, 5) is 14.2. The molecule has 0 unspecified atom stereocenters. The molecule has 0 saturated heterocycles. The van der Waals surface area contributed by atoms with Gasteiger partial charge in [-0.15, -0.1) is 0 Å². The first-order chi connectivity index (χ1) is 12.2. The molecule has 0 bridgehead atoms. The first-order valence-electron chi connectivity index (χ1n) is 8.15. The van der Waals surface area contributed by atoms with Gasteiger partial charge in [-0.25, -0.2) is 9.82 Å². The smallest absolute Gasteiger partial charge is 0.259 e. The summed E-state index contributed by atoms with van der Waals surface area (Å²) in [5.41, 5.74) is 5.40. The van der Waals surface area contributed by atoms with E-state index in [4.69, 9.17) is 4.74 Å². The summed E-state index contributed by atoms with van der Waals surface area (Å²) < 4.78 is 18.5. The fraction of sp³-hybridized carbons (Fsp3) is 0.263. The molecule has 130 valence electrons. The van der Waals surface area contributed by atoms with Gasteiger partial charge in [-0.05, 0) is 48.2 Å². The van der Waals surface area contributed by atoms with Crippen LogP contribution in [0.15, 0.2) is 47.6 Å². The number of methoxy groups -OCH3 is 1. The number of anilines is 1. The van der Waals surface area contributed by atoms with E-state index < -0.39 is 5.82 Å². The second kappa shape index (κ2) is 7.79. The van der Waals surface area contributed by atoms with Gasteiger partial charge in [0.2, 0.25) is 0 Å². The largest absolute Gasteiger partial charge is 0.494 e. The zero-order valence-corrected chi connectivity index (χ0v) is 14.0. The molecule has 1 aliphatic heterocycles. The number of halogens is 1. The van der Waals surface area contributed by atoms with Gasteiger partial charge in [-0.2, -0.15) is 5.10 Å². The number of hydrogen-bond acceptors (Lipinski definition) is 4. The number of para-hydroxylation sites is 1. The highest BCUT2D eigenvalue weighted by molar-refractivity contribution is 5.85. The molecule has 0 saturated carbocycles. The number of carbonyl (C=O) groups excluding carboxylic acids is 1. The summed E-state index contributed by atoms with van der Waals surface area (Å²) in [6.45, 7) is 1.09. The van der Waals surface area contributed by atoms with E-state index in [1.54, 1.807) is 6.07 Å². The molecule has 2 aromatic carbocycles. The molecule has 3 rings (SSSR count). The Morgan fingerprint density at radius 2 is 2.20 bits per heavy atom. The van der Waals surface area contributed by atoms with Gasteiger partial charge < -0.3 is 9.64 Å². The van der Waals surface area contributed by atoms with E-state index in [9.17, 15) is 9.18 Å². The molecule has 1 amide bonds. The maximum absolute atomic E-state index is 13.6. The van der Waals surface area contributed by atoms with Crippen molar-refractivity contribution in [1.29, 1.82) is 0 Å². The van der Waals surface area contributed by atoms with Crippen LogP contribution in [0.3, 0.4) is 0 Å². The summed E-state index contributed by atoms with van der Waals surface area (Å²) in [6.07, 6.45) is 3.47. The van der Waals surface area contributed by atoms with Crippen LogP contribution in [-0.4, -0.2) is 32.3 Å². The molecule has 1 heterocycles. The number of carbonyl (C=O) groups is 1. The second-order valence-electron chi connectivity index (χ2n) is 5.84. The second-order valence-corrected chi connectivity index (χ2v) is 5.84. The van der Waals surface area contributed by atoms with Crippen molar-refractivity contribution in [2.45, 2.75) is 12.8 Å². The average Bonchev–Trinajstić information content (AvgIpc) is 2.62. The van der Waals surface area contributed by atoms with E-state index in [-0.39, 0.29) is 18.2 Å². The number of fused-ring (bicyclic) bond motifs is 1. The Kier molecular flexibility index (Phi) is 5.28. The maximum atomic E-state index is 13.6. The standard InChI is InChI=1S/C19H20FN3O2/c1-25-18-9-8-14(11-16(18)20)12-21-22-19(24)13-23-10-4-6-15-5-2-3-7-17(15)23/h2-3,5,7-9,11-12H,4,6,10,13H2,1H3,(H,22,24)/b21-12-. The number of nitrogens with one attached hydrogen (secondary N) is 1. The van der Waals surface area contributed by atoms with Crippen molar-refractivity contribution < 1.29 is 13.9 Å². The van der Waals surface area contributed by atoms with Gasteiger partial charge >= 0.3 is 0 Å². The van der Waals surface area contributed by atoms with Gasteiger partial charge in [0.05, 0.1) is 19.9 Å². The van der Waals surface area contributed by atoms with Crippen molar-refractivity contribution in [3.05, 3.63) is 59.4 Å². The molecule has 1 N–H and O–H groups in total. The number of hydrogen-bond donors (Lipinski definition) is 1. The van der Waals surface area contributed by atoms with Crippen molar-refractivity contribution in [2.75, 3.05) is 25.1 Å². The van der Waals surface area contributed by atoms with Gasteiger partial charge in [0, 0.05) is 12.2 Å². The minimum Gasteiger partial charge on any atom is -0.494 e. The van der Waals surface area contributed by atoms with E-state index in [1.807, 2.05) is 18.2 Å². The van der Waals surface area contributed by atoms with Gasteiger partial charge in [0.25, 0.3) is 5.91 Å². The van der Waals surface area contributed by atoms with Crippen LogP contribution in [0.2, 0.25) is 0 Å². The number of benzene rings is 2. The van der Waals surface area contributed by atoms with Crippen LogP contribution >= 0.6 is 0 Å². The number of amides is 1. The fourth-order valence-electron chi connectivity index (χ4n) is 2.93. The molecule has 0 radical (unpaired) electrons. The number of hydrazone groups is 1. The van der Waals surface area contributed by atoms with E-state index >= 15 is 0 Å². The highest BCUT2D eigenvalue weighted by Gasteiger charge is 2.18. The molecule has 6 heteroatoms. The third-order valence-electron chi connectivity index (χ3n) is 4.12. The zero-order chi connectivity index (χ0) is 17.6. The van der Waals surface area contributed by atoms with Crippen molar-refractivity contribution >= 4 is 17.8 Å².